The van der Waals surface area contributed by atoms with Gasteiger partial charge in [0.1, 0.15) is 0 Å². The fraction of sp³-hybridized carbons (Fsp3) is 0.857. The van der Waals surface area contributed by atoms with Crippen LogP contribution in [0.4, 0.5) is 4.79 Å². The summed E-state index contributed by atoms with van der Waals surface area (Å²) < 4.78 is 0. The second-order valence-corrected chi connectivity index (χ2v) is 5.97. The van der Waals surface area contributed by atoms with Crippen molar-refractivity contribution in [1.82, 2.24) is 10.2 Å². The summed E-state index contributed by atoms with van der Waals surface area (Å²) in [5.41, 5.74) is -0.482. The topological polar surface area (TPSA) is 69.6 Å². The van der Waals surface area contributed by atoms with Gasteiger partial charge in [-0.25, -0.2) is 4.79 Å². The maximum Gasteiger partial charge on any atom is 0.317 e. The van der Waals surface area contributed by atoms with Crippen molar-refractivity contribution in [2.45, 2.75) is 57.4 Å². The lowest BCUT2D eigenvalue weighted by Gasteiger charge is -2.43. The Kier molecular flexibility index (Phi) is 4.32. The Morgan fingerprint density at radius 2 is 1.95 bits per heavy atom. The van der Waals surface area contributed by atoms with Crippen LogP contribution >= 0.6 is 0 Å². The third kappa shape index (κ3) is 3.39. The summed E-state index contributed by atoms with van der Waals surface area (Å²) in [7, 11) is 0. The van der Waals surface area contributed by atoms with Gasteiger partial charge < -0.3 is 15.3 Å². The molecule has 0 radical (unpaired) electrons. The van der Waals surface area contributed by atoms with E-state index in [4.69, 9.17) is 5.11 Å². The number of aliphatic carboxylic acids is 1. The first-order valence-corrected chi connectivity index (χ1v) is 7.33. The summed E-state index contributed by atoms with van der Waals surface area (Å²) in [5.74, 6) is -0.0922. The van der Waals surface area contributed by atoms with Crippen molar-refractivity contribution in [3.8, 4) is 0 Å². The number of nitrogens with one attached hydrogen (secondary N) is 1. The molecular weight excluding hydrogens is 244 g/mol. The number of nitrogens with zero attached hydrogens (tertiary/aromatic N) is 1. The van der Waals surface area contributed by atoms with Gasteiger partial charge in [0.05, 0.1) is 12.0 Å². The van der Waals surface area contributed by atoms with E-state index >= 15 is 0 Å². The lowest BCUT2D eigenvalue weighted by Crippen LogP contribution is -2.58. The number of amides is 2. The lowest BCUT2D eigenvalue weighted by molar-refractivity contribution is -0.139. The highest BCUT2D eigenvalue weighted by atomic mass is 16.4. The van der Waals surface area contributed by atoms with Crippen LogP contribution in [0.3, 0.4) is 0 Å². The largest absolute Gasteiger partial charge is 0.481 e. The molecule has 1 aliphatic carbocycles. The molecule has 19 heavy (non-hydrogen) atoms. The Morgan fingerprint density at radius 3 is 2.37 bits per heavy atom. The van der Waals surface area contributed by atoms with E-state index in [1.807, 2.05) is 4.90 Å². The molecule has 2 amide bonds. The first-order valence-electron chi connectivity index (χ1n) is 7.33. The zero-order chi connectivity index (χ0) is 13.9. The molecule has 5 heteroatoms. The Balaban J connectivity index is 1.85. The van der Waals surface area contributed by atoms with E-state index in [2.05, 4.69) is 12.2 Å². The number of hydrogen-bond donors (Lipinski definition) is 2. The highest BCUT2D eigenvalue weighted by Gasteiger charge is 2.41. The van der Waals surface area contributed by atoms with Crippen molar-refractivity contribution < 1.29 is 14.7 Å². The molecule has 1 saturated carbocycles. The monoisotopic (exact) mass is 268 g/mol. The van der Waals surface area contributed by atoms with E-state index in [0.29, 0.717) is 0 Å². The van der Waals surface area contributed by atoms with Crippen molar-refractivity contribution in [3.63, 3.8) is 0 Å². The molecule has 1 saturated heterocycles. The summed E-state index contributed by atoms with van der Waals surface area (Å²) in [5, 5.41) is 11.9. The van der Waals surface area contributed by atoms with Crippen molar-refractivity contribution in [2.24, 2.45) is 5.92 Å². The molecule has 2 aliphatic rings. The van der Waals surface area contributed by atoms with Crippen molar-refractivity contribution in [1.29, 1.82) is 0 Å². The number of rotatable bonds is 4. The van der Waals surface area contributed by atoms with Gasteiger partial charge in [-0.3, -0.25) is 4.79 Å². The molecule has 0 aromatic heterocycles. The van der Waals surface area contributed by atoms with Gasteiger partial charge in [0.15, 0.2) is 0 Å². The minimum Gasteiger partial charge on any atom is -0.481 e. The van der Waals surface area contributed by atoms with Gasteiger partial charge in [-0.05, 0) is 38.0 Å². The minimum absolute atomic E-state index is 0.0458. The molecule has 1 heterocycles. The van der Waals surface area contributed by atoms with Crippen LogP contribution in [0.15, 0.2) is 0 Å². The first-order chi connectivity index (χ1) is 9.04. The summed E-state index contributed by atoms with van der Waals surface area (Å²) in [4.78, 5) is 24.9. The maximum atomic E-state index is 12.2. The van der Waals surface area contributed by atoms with Crippen LogP contribution in [0.2, 0.25) is 0 Å². The fourth-order valence-corrected chi connectivity index (χ4v) is 3.09. The van der Waals surface area contributed by atoms with Gasteiger partial charge in [0, 0.05) is 13.1 Å². The molecule has 2 fully saturated rings. The molecule has 0 aromatic rings. The zero-order valence-electron chi connectivity index (χ0n) is 11.7. The Morgan fingerprint density at radius 1 is 1.32 bits per heavy atom. The molecule has 0 bridgehead atoms. The van der Waals surface area contributed by atoms with Gasteiger partial charge in [-0.1, -0.05) is 13.3 Å². The molecule has 2 rings (SSSR count). The van der Waals surface area contributed by atoms with Gasteiger partial charge >= 0.3 is 12.0 Å². The summed E-state index contributed by atoms with van der Waals surface area (Å²) in [6.45, 7) is 3.79. The summed E-state index contributed by atoms with van der Waals surface area (Å²) in [6.07, 6.45) is 5.94. The fourth-order valence-electron chi connectivity index (χ4n) is 3.09. The van der Waals surface area contributed by atoms with Crippen LogP contribution in [-0.2, 0) is 4.79 Å². The second-order valence-electron chi connectivity index (χ2n) is 5.97. The van der Waals surface area contributed by atoms with E-state index in [0.717, 1.165) is 51.1 Å². The molecule has 1 aliphatic heterocycles. The van der Waals surface area contributed by atoms with E-state index in [1.54, 1.807) is 0 Å². The van der Waals surface area contributed by atoms with Crippen molar-refractivity contribution in [2.75, 3.05) is 13.1 Å². The molecule has 0 atom stereocenters. The van der Waals surface area contributed by atoms with E-state index in [9.17, 15) is 9.59 Å². The minimum atomic E-state index is -0.829. The number of hydrogen-bond acceptors (Lipinski definition) is 2. The SMILES string of the molecule is CCC1CCN(C(=O)NC2(CC(=O)O)CCC2)CC1. The Labute approximate surface area is 114 Å². The van der Waals surface area contributed by atoms with Crippen LogP contribution in [0.1, 0.15) is 51.9 Å². The molecule has 5 nitrogen and oxygen atoms in total. The highest BCUT2D eigenvalue weighted by molar-refractivity contribution is 5.77. The molecular formula is C14H24N2O3. The third-order valence-electron chi connectivity index (χ3n) is 4.65. The van der Waals surface area contributed by atoms with Crippen LogP contribution < -0.4 is 5.32 Å². The second kappa shape index (κ2) is 5.80. The number of carbonyl (C=O) groups excluding carboxylic acids is 1. The zero-order valence-corrected chi connectivity index (χ0v) is 11.7. The highest BCUT2D eigenvalue weighted by Crippen LogP contribution is 2.35. The van der Waals surface area contributed by atoms with Crippen LogP contribution in [0.5, 0.6) is 0 Å². The Bertz CT molecular complexity index is 345. The first kappa shape index (κ1) is 14.2. The van der Waals surface area contributed by atoms with Gasteiger partial charge in [0.25, 0.3) is 0 Å². The summed E-state index contributed by atoms with van der Waals surface area (Å²) >= 11 is 0. The van der Waals surface area contributed by atoms with Crippen molar-refractivity contribution in [3.05, 3.63) is 0 Å². The molecule has 2 N–H and O–H groups in total. The van der Waals surface area contributed by atoms with Gasteiger partial charge in [0.2, 0.25) is 0 Å². The molecule has 0 unspecified atom stereocenters. The predicted molar refractivity (Wildman–Crippen MR) is 72.0 cm³/mol. The van der Waals surface area contributed by atoms with E-state index in [1.165, 1.54) is 6.42 Å². The van der Waals surface area contributed by atoms with E-state index < -0.39 is 11.5 Å². The van der Waals surface area contributed by atoms with Crippen LogP contribution in [-0.4, -0.2) is 40.6 Å². The predicted octanol–water partition coefficient (Wildman–Crippen LogP) is 2.22. The maximum absolute atomic E-state index is 12.2. The number of piperidine rings is 1. The van der Waals surface area contributed by atoms with Gasteiger partial charge in [-0.2, -0.15) is 0 Å². The molecule has 0 spiro atoms. The molecule has 108 valence electrons. The molecule has 0 aromatic carbocycles. The number of carboxylic acid groups (broad SMARTS) is 1. The number of urea groups is 1. The average Bonchev–Trinajstić information content (AvgIpc) is 2.35. The number of carbonyl (C=O) groups is 2. The standard InChI is InChI=1S/C14H24N2O3/c1-2-11-4-8-16(9-5-11)13(19)15-14(6-3-7-14)10-12(17)18/h11H,2-10H2,1H3,(H,15,19)(H,17,18). The number of likely N-dealkylation sites (tertiary alicyclic amines) is 1. The average molecular weight is 268 g/mol. The van der Waals surface area contributed by atoms with E-state index in [-0.39, 0.29) is 12.5 Å². The van der Waals surface area contributed by atoms with Crippen LogP contribution in [0.25, 0.3) is 0 Å². The van der Waals surface area contributed by atoms with Gasteiger partial charge in [-0.15, -0.1) is 0 Å². The number of carboxylic acids is 1. The normalized spacial score (nSPS) is 22.7. The third-order valence-corrected chi connectivity index (χ3v) is 4.65. The Hall–Kier alpha value is -1.26. The lowest BCUT2D eigenvalue weighted by atomic mass is 9.74. The summed E-state index contributed by atoms with van der Waals surface area (Å²) in [6, 6.07) is -0.0736. The smallest absolute Gasteiger partial charge is 0.317 e. The van der Waals surface area contributed by atoms with Crippen molar-refractivity contribution >= 4 is 12.0 Å². The van der Waals surface area contributed by atoms with Crippen LogP contribution in [0, 0.1) is 5.92 Å². The quantitative estimate of drug-likeness (QED) is 0.821.